The van der Waals surface area contributed by atoms with E-state index in [1.54, 1.807) is 12.1 Å². The van der Waals surface area contributed by atoms with Crippen molar-refractivity contribution in [2.45, 2.75) is 12.1 Å². The number of rotatable bonds is 3. The maximum absolute atomic E-state index is 11.3. The molecule has 1 aromatic carbocycles. The van der Waals surface area contributed by atoms with E-state index in [9.17, 15) is 18.3 Å². The highest BCUT2D eigenvalue weighted by molar-refractivity contribution is 7.91. The number of hydrogen-bond acceptors (Lipinski definition) is 5. The Morgan fingerprint density at radius 2 is 1.83 bits per heavy atom. The third kappa shape index (κ3) is 2.80. The van der Waals surface area contributed by atoms with Gasteiger partial charge in [-0.15, -0.1) is 0 Å². The molecule has 6 nitrogen and oxygen atoms in total. The molecule has 1 aliphatic rings. The summed E-state index contributed by atoms with van der Waals surface area (Å²) in [6.07, 6.45) is -0.936. The summed E-state index contributed by atoms with van der Waals surface area (Å²) >= 11 is 0. The van der Waals surface area contributed by atoms with Crippen LogP contribution in [0.15, 0.2) is 24.3 Å². The quantitative estimate of drug-likeness (QED) is 0.712. The van der Waals surface area contributed by atoms with Crippen LogP contribution in [-0.2, 0) is 9.84 Å². The molecule has 2 atom stereocenters. The first kappa shape index (κ1) is 12.8. The zero-order chi connectivity index (χ0) is 13.3. The molecule has 98 valence electrons. The number of carboxylic acids is 1. The third-order valence-corrected chi connectivity index (χ3v) is 4.52. The van der Waals surface area contributed by atoms with Gasteiger partial charge in [0.25, 0.3) is 0 Å². The molecule has 0 unspecified atom stereocenters. The molecular weight excluding hydrogens is 258 g/mol. The van der Waals surface area contributed by atoms with Crippen molar-refractivity contribution in [2.75, 3.05) is 16.8 Å². The molecule has 3 N–H and O–H groups in total. The first-order valence-corrected chi connectivity index (χ1v) is 7.18. The van der Waals surface area contributed by atoms with E-state index in [-0.39, 0.29) is 17.1 Å². The van der Waals surface area contributed by atoms with Gasteiger partial charge in [-0.3, -0.25) is 0 Å². The Hall–Kier alpha value is -1.60. The lowest BCUT2D eigenvalue weighted by Crippen LogP contribution is -2.31. The number of anilines is 1. The summed E-state index contributed by atoms with van der Waals surface area (Å²) in [7, 11) is -3.19. The Balaban J connectivity index is 2.08. The maximum atomic E-state index is 11.3. The van der Waals surface area contributed by atoms with Gasteiger partial charge in [-0.25, -0.2) is 13.2 Å². The standard InChI is InChI=1S/C11H13NO5S/c13-10-6-18(16,17)5-9(10)12-8-3-1-7(2-4-8)11(14)15/h1-4,9-10,12-13H,5-6H2,(H,14,15)/t9-,10+/m0/s1. The van der Waals surface area contributed by atoms with Crippen molar-refractivity contribution in [1.29, 1.82) is 0 Å². The number of hydrogen-bond donors (Lipinski definition) is 3. The zero-order valence-electron chi connectivity index (χ0n) is 9.41. The van der Waals surface area contributed by atoms with Crippen molar-refractivity contribution >= 4 is 21.5 Å². The summed E-state index contributed by atoms with van der Waals surface area (Å²) in [5.74, 6) is -1.38. The van der Waals surface area contributed by atoms with Crippen LogP contribution in [0.1, 0.15) is 10.4 Å². The number of carbonyl (C=O) groups is 1. The van der Waals surface area contributed by atoms with E-state index in [1.807, 2.05) is 0 Å². The Morgan fingerprint density at radius 1 is 1.22 bits per heavy atom. The first-order chi connectivity index (χ1) is 8.37. The molecule has 1 saturated heterocycles. The molecule has 1 heterocycles. The van der Waals surface area contributed by atoms with Crippen molar-refractivity contribution in [3.63, 3.8) is 0 Å². The van der Waals surface area contributed by atoms with E-state index >= 15 is 0 Å². The molecule has 1 fully saturated rings. The summed E-state index contributed by atoms with van der Waals surface area (Å²) < 4.78 is 22.6. The second kappa shape index (κ2) is 4.58. The Morgan fingerprint density at radius 3 is 2.28 bits per heavy atom. The summed E-state index contributed by atoms with van der Waals surface area (Å²) in [6, 6.07) is 5.37. The molecule has 0 aliphatic carbocycles. The molecule has 7 heteroatoms. The fourth-order valence-electron chi connectivity index (χ4n) is 1.89. The van der Waals surface area contributed by atoms with Gasteiger partial charge in [0.15, 0.2) is 9.84 Å². The van der Waals surface area contributed by atoms with Gasteiger partial charge >= 0.3 is 5.97 Å². The summed E-state index contributed by atoms with van der Waals surface area (Å²) in [4.78, 5) is 10.7. The molecule has 1 aliphatic heterocycles. The summed E-state index contributed by atoms with van der Waals surface area (Å²) in [5, 5.41) is 21.2. The second-order valence-electron chi connectivity index (χ2n) is 4.28. The van der Waals surface area contributed by atoms with Crippen molar-refractivity contribution in [2.24, 2.45) is 0 Å². The molecule has 0 saturated carbocycles. The average molecular weight is 271 g/mol. The van der Waals surface area contributed by atoms with E-state index in [4.69, 9.17) is 5.11 Å². The lowest BCUT2D eigenvalue weighted by Gasteiger charge is -2.16. The van der Waals surface area contributed by atoms with Crippen LogP contribution < -0.4 is 5.32 Å². The molecule has 0 spiro atoms. The molecule has 0 radical (unpaired) electrons. The van der Waals surface area contributed by atoms with Gasteiger partial charge in [-0.05, 0) is 24.3 Å². The van der Waals surface area contributed by atoms with Gasteiger partial charge in [0.1, 0.15) is 0 Å². The van der Waals surface area contributed by atoms with Crippen LogP contribution in [0, 0.1) is 0 Å². The number of carboxylic acid groups (broad SMARTS) is 1. The van der Waals surface area contributed by atoms with Gasteiger partial charge in [-0.1, -0.05) is 0 Å². The number of sulfone groups is 1. The Bertz CT molecular complexity index is 551. The SMILES string of the molecule is O=C(O)c1ccc(N[C@H]2CS(=O)(=O)C[C@H]2O)cc1. The number of aromatic carboxylic acids is 1. The van der Waals surface area contributed by atoms with Gasteiger partial charge < -0.3 is 15.5 Å². The van der Waals surface area contributed by atoms with E-state index in [2.05, 4.69) is 5.32 Å². The lowest BCUT2D eigenvalue weighted by atomic mass is 10.1. The average Bonchev–Trinajstić information content (AvgIpc) is 2.52. The number of nitrogens with one attached hydrogen (secondary N) is 1. The number of aliphatic hydroxyl groups excluding tert-OH is 1. The van der Waals surface area contributed by atoms with Crippen LogP contribution >= 0.6 is 0 Å². The van der Waals surface area contributed by atoms with Gasteiger partial charge in [-0.2, -0.15) is 0 Å². The van der Waals surface area contributed by atoms with Crippen LogP contribution in [0.2, 0.25) is 0 Å². The van der Waals surface area contributed by atoms with Gasteiger partial charge in [0.05, 0.1) is 29.2 Å². The van der Waals surface area contributed by atoms with E-state index < -0.39 is 28.0 Å². The highest BCUT2D eigenvalue weighted by atomic mass is 32.2. The van der Waals surface area contributed by atoms with E-state index in [0.29, 0.717) is 5.69 Å². The van der Waals surface area contributed by atoms with Gasteiger partial charge in [0.2, 0.25) is 0 Å². The van der Waals surface area contributed by atoms with Crippen LogP contribution in [0.25, 0.3) is 0 Å². The minimum Gasteiger partial charge on any atom is -0.478 e. The van der Waals surface area contributed by atoms with Crippen LogP contribution in [0.5, 0.6) is 0 Å². The van der Waals surface area contributed by atoms with Crippen molar-refractivity contribution in [3.8, 4) is 0 Å². The van der Waals surface area contributed by atoms with E-state index in [1.165, 1.54) is 12.1 Å². The van der Waals surface area contributed by atoms with E-state index in [0.717, 1.165) is 0 Å². The third-order valence-electron chi connectivity index (χ3n) is 2.81. The highest BCUT2D eigenvalue weighted by Gasteiger charge is 2.36. The van der Waals surface area contributed by atoms with Crippen molar-refractivity contribution < 1.29 is 23.4 Å². The molecule has 1 aromatic rings. The Labute approximate surface area is 104 Å². The smallest absolute Gasteiger partial charge is 0.335 e. The minimum absolute atomic E-state index is 0.116. The summed E-state index contributed by atoms with van der Waals surface area (Å²) in [5.41, 5.74) is 0.737. The van der Waals surface area contributed by atoms with Crippen LogP contribution in [-0.4, -0.2) is 48.3 Å². The predicted molar refractivity (Wildman–Crippen MR) is 65.5 cm³/mol. The van der Waals surface area contributed by atoms with Crippen molar-refractivity contribution in [3.05, 3.63) is 29.8 Å². The zero-order valence-corrected chi connectivity index (χ0v) is 10.2. The predicted octanol–water partition coefficient (Wildman–Crippen LogP) is -0.0454. The molecule has 18 heavy (non-hydrogen) atoms. The fourth-order valence-corrected chi connectivity index (χ4v) is 3.63. The topological polar surface area (TPSA) is 104 Å². The summed E-state index contributed by atoms with van der Waals surface area (Å²) in [6.45, 7) is 0. The number of aliphatic hydroxyl groups is 1. The largest absolute Gasteiger partial charge is 0.478 e. The molecular formula is C11H13NO5S. The monoisotopic (exact) mass is 271 g/mol. The van der Waals surface area contributed by atoms with Gasteiger partial charge in [0, 0.05) is 5.69 Å². The molecule has 0 aromatic heterocycles. The second-order valence-corrected chi connectivity index (χ2v) is 6.43. The van der Waals surface area contributed by atoms with Crippen LogP contribution in [0.3, 0.4) is 0 Å². The number of benzene rings is 1. The molecule has 0 amide bonds. The molecule has 2 rings (SSSR count). The van der Waals surface area contributed by atoms with Crippen LogP contribution in [0.4, 0.5) is 5.69 Å². The first-order valence-electron chi connectivity index (χ1n) is 5.36. The molecule has 0 bridgehead atoms. The fraction of sp³-hybridized carbons (Fsp3) is 0.364. The highest BCUT2D eigenvalue weighted by Crippen LogP contribution is 2.18. The van der Waals surface area contributed by atoms with Crippen molar-refractivity contribution in [1.82, 2.24) is 0 Å². The minimum atomic E-state index is -3.19. The lowest BCUT2D eigenvalue weighted by molar-refractivity contribution is 0.0697. The maximum Gasteiger partial charge on any atom is 0.335 e. The Kier molecular flexibility index (Phi) is 3.27. The normalized spacial score (nSPS) is 25.8.